The first-order valence-corrected chi connectivity index (χ1v) is 10.7. The molecular weight excluding hydrogens is 267 g/mol. The molecule has 0 unspecified atom stereocenters. The van der Waals surface area contributed by atoms with Gasteiger partial charge in [-0.05, 0) is 26.2 Å². The van der Waals surface area contributed by atoms with Gasteiger partial charge in [0.1, 0.15) is 0 Å². The van der Waals surface area contributed by atoms with Gasteiger partial charge in [0, 0.05) is 5.57 Å². The predicted molar refractivity (Wildman–Crippen MR) is 92.0 cm³/mol. The van der Waals surface area contributed by atoms with Crippen LogP contribution in [0, 0.1) is 0 Å². The normalized spacial score (nSPS) is 11.4. The molecule has 0 aliphatic heterocycles. The highest BCUT2D eigenvalue weighted by Crippen LogP contribution is 2.60. The second kappa shape index (κ2) is 11.3. The van der Waals surface area contributed by atoms with Crippen molar-refractivity contribution < 1.29 is 9.53 Å². The van der Waals surface area contributed by atoms with E-state index in [0.29, 0.717) is 11.9 Å². The lowest BCUT2D eigenvalue weighted by atomic mass is 10.4. The van der Waals surface area contributed by atoms with Crippen molar-refractivity contribution in [2.75, 3.05) is 24.8 Å². The van der Waals surface area contributed by atoms with Crippen molar-refractivity contribution in [3.8, 4) is 0 Å². The summed E-state index contributed by atoms with van der Waals surface area (Å²) in [6, 6.07) is 0. The van der Waals surface area contributed by atoms with Crippen molar-refractivity contribution in [2.24, 2.45) is 0 Å². The molecule has 118 valence electrons. The molecule has 0 atom stereocenters. The second-order valence-electron chi connectivity index (χ2n) is 5.91. The summed E-state index contributed by atoms with van der Waals surface area (Å²) in [4.78, 5) is 11.7. The van der Waals surface area contributed by atoms with Crippen molar-refractivity contribution in [1.29, 1.82) is 0 Å². The third-order valence-corrected chi connectivity index (χ3v) is 8.25. The van der Waals surface area contributed by atoms with E-state index in [0.717, 1.165) is 0 Å². The molecular formula is C17H34O2P+. The fourth-order valence-corrected chi connectivity index (χ4v) is 6.74. The summed E-state index contributed by atoms with van der Waals surface area (Å²) in [6.45, 7) is 12.1. The van der Waals surface area contributed by atoms with Gasteiger partial charge < -0.3 is 4.74 Å². The molecule has 2 nitrogen and oxygen atoms in total. The number of esters is 1. The van der Waals surface area contributed by atoms with Gasteiger partial charge in [0.2, 0.25) is 0 Å². The van der Waals surface area contributed by atoms with E-state index in [9.17, 15) is 4.79 Å². The van der Waals surface area contributed by atoms with Gasteiger partial charge in [-0.25, -0.2) is 4.79 Å². The van der Waals surface area contributed by atoms with E-state index in [1.165, 1.54) is 57.0 Å². The first kappa shape index (κ1) is 19.6. The summed E-state index contributed by atoms with van der Waals surface area (Å²) < 4.78 is 5.57. The molecule has 0 aromatic rings. The van der Waals surface area contributed by atoms with Crippen LogP contribution in [0.1, 0.15) is 66.2 Å². The predicted octanol–water partition coefficient (Wildman–Crippen LogP) is 5.48. The Morgan fingerprint density at radius 2 is 1.35 bits per heavy atom. The number of ether oxygens (including phenoxy) is 1. The molecule has 20 heavy (non-hydrogen) atoms. The Kier molecular flexibility index (Phi) is 11.1. The molecule has 0 N–H and O–H groups in total. The number of rotatable bonds is 12. The second-order valence-corrected chi connectivity index (χ2v) is 10.2. The van der Waals surface area contributed by atoms with Gasteiger partial charge in [0.25, 0.3) is 0 Å². The Bertz CT molecular complexity index is 265. The van der Waals surface area contributed by atoms with Crippen LogP contribution in [0.2, 0.25) is 0 Å². The lowest BCUT2D eigenvalue weighted by Gasteiger charge is -2.27. The SMILES string of the molecule is C=C(C)C(=O)OC[P+](CCCC)(CCCC)CCCC. The third-order valence-electron chi connectivity index (χ3n) is 3.78. The lowest BCUT2D eigenvalue weighted by molar-refractivity contribution is -0.136. The van der Waals surface area contributed by atoms with Gasteiger partial charge in [-0.3, -0.25) is 0 Å². The molecule has 0 aliphatic rings. The summed E-state index contributed by atoms with van der Waals surface area (Å²) in [7, 11) is -1.12. The minimum absolute atomic E-state index is 0.209. The molecule has 0 fully saturated rings. The highest BCUT2D eigenvalue weighted by atomic mass is 31.2. The van der Waals surface area contributed by atoms with E-state index >= 15 is 0 Å². The van der Waals surface area contributed by atoms with Gasteiger partial charge in [-0.2, -0.15) is 0 Å². The molecule has 0 heterocycles. The molecule has 0 radical (unpaired) electrons. The topological polar surface area (TPSA) is 26.3 Å². The smallest absolute Gasteiger partial charge is 0.336 e. The van der Waals surface area contributed by atoms with E-state index in [4.69, 9.17) is 4.74 Å². The summed E-state index contributed by atoms with van der Waals surface area (Å²) in [5.41, 5.74) is 0.518. The zero-order valence-electron chi connectivity index (χ0n) is 14.0. The van der Waals surface area contributed by atoms with Crippen LogP contribution in [0.15, 0.2) is 12.2 Å². The maximum atomic E-state index is 11.7. The van der Waals surface area contributed by atoms with E-state index in [1.54, 1.807) is 6.92 Å². The zero-order valence-corrected chi connectivity index (χ0v) is 14.9. The van der Waals surface area contributed by atoms with Crippen LogP contribution in [0.4, 0.5) is 0 Å². The maximum Gasteiger partial charge on any atom is 0.336 e. The van der Waals surface area contributed by atoms with E-state index in [1.807, 2.05) is 0 Å². The van der Waals surface area contributed by atoms with Crippen molar-refractivity contribution in [1.82, 2.24) is 0 Å². The van der Waals surface area contributed by atoms with Crippen molar-refractivity contribution in [2.45, 2.75) is 66.2 Å². The average molecular weight is 301 g/mol. The first-order valence-electron chi connectivity index (χ1n) is 8.19. The van der Waals surface area contributed by atoms with Crippen molar-refractivity contribution >= 4 is 13.2 Å². The Morgan fingerprint density at radius 1 is 0.950 bits per heavy atom. The summed E-state index contributed by atoms with van der Waals surface area (Å²) in [5.74, 6) is -0.209. The van der Waals surface area contributed by atoms with Crippen LogP contribution in [0.3, 0.4) is 0 Å². The molecule has 0 saturated carbocycles. The van der Waals surface area contributed by atoms with Gasteiger partial charge in [0.05, 0.1) is 25.7 Å². The highest BCUT2D eigenvalue weighted by Gasteiger charge is 2.37. The van der Waals surface area contributed by atoms with Crippen LogP contribution in [0.5, 0.6) is 0 Å². The Hall–Kier alpha value is -0.360. The van der Waals surface area contributed by atoms with Crippen LogP contribution < -0.4 is 0 Å². The van der Waals surface area contributed by atoms with Crippen LogP contribution >= 0.6 is 7.26 Å². The Balaban J connectivity index is 4.73. The van der Waals surface area contributed by atoms with Crippen molar-refractivity contribution in [3.63, 3.8) is 0 Å². The molecule has 0 aliphatic carbocycles. The monoisotopic (exact) mass is 301 g/mol. The number of carbonyl (C=O) groups excluding carboxylic acids is 1. The quantitative estimate of drug-likeness (QED) is 0.271. The number of hydrogen-bond donors (Lipinski definition) is 0. The Morgan fingerprint density at radius 3 is 1.65 bits per heavy atom. The van der Waals surface area contributed by atoms with Gasteiger partial charge in [-0.15, -0.1) is 0 Å². The van der Waals surface area contributed by atoms with E-state index in [-0.39, 0.29) is 5.97 Å². The number of carbonyl (C=O) groups is 1. The van der Waals surface area contributed by atoms with Crippen LogP contribution in [0.25, 0.3) is 0 Å². The molecule has 0 saturated heterocycles. The molecule has 0 spiro atoms. The largest absolute Gasteiger partial charge is 0.427 e. The molecule has 0 aromatic heterocycles. The maximum absolute atomic E-state index is 11.7. The fraction of sp³-hybridized carbons (Fsp3) is 0.824. The van der Waals surface area contributed by atoms with Gasteiger partial charge in [-0.1, -0.05) is 46.6 Å². The van der Waals surface area contributed by atoms with Crippen LogP contribution in [-0.2, 0) is 9.53 Å². The van der Waals surface area contributed by atoms with Crippen molar-refractivity contribution in [3.05, 3.63) is 12.2 Å². The first-order chi connectivity index (χ1) is 9.51. The Labute approximate surface area is 126 Å². The minimum atomic E-state index is -1.12. The molecule has 3 heteroatoms. The van der Waals surface area contributed by atoms with Gasteiger partial charge >= 0.3 is 5.97 Å². The summed E-state index contributed by atoms with van der Waals surface area (Å²) in [6.07, 6.45) is 12.0. The average Bonchev–Trinajstić information content (AvgIpc) is 2.45. The molecule has 0 aromatic carbocycles. The molecule has 0 rings (SSSR count). The summed E-state index contributed by atoms with van der Waals surface area (Å²) in [5, 5.41) is 0. The molecule has 0 bridgehead atoms. The van der Waals surface area contributed by atoms with Crippen LogP contribution in [-0.4, -0.2) is 30.8 Å². The lowest BCUT2D eigenvalue weighted by Crippen LogP contribution is -2.17. The zero-order chi connectivity index (χ0) is 15.4. The van der Waals surface area contributed by atoms with Gasteiger partial charge in [0.15, 0.2) is 6.35 Å². The number of unbranched alkanes of at least 4 members (excludes halogenated alkanes) is 3. The highest BCUT2D eigenvalue weighted by molar-refractivity contribution is 7.75. The third kappa shape index (κ3) is 8.04. The molecule has 0 amide bonds. The van der Waals surface area contributed by atoms with E-state index < -0.39 is 7.26 Å². The standard InChI is InChI=1S/C17H34O2P/c1-6-9-12-20(13-10-7-2,14-11-8-3)15-19-17(18)16(4)5/h4,6-15H2,1-3,5H3/q+1. The van der Waals surface area contributed by atoms with E-state index in [2.05, 4.69) is 27.4 Å². The minimum Gasteiger partial charge on any atom is -0.427 e. The summed E-state index contributed by atoms with van der Waals surface area (Å²) >= 11 is 0. The fourth-order valence-electron chi connectivity index (χ4n) is 2.33. The number of hydrogen-bond acceptors (Lipinski definition) is 2.